The van der Waals surface area contributed by atoms with Gasteiger partial charge in [0.25, 0.3) is 0 Å². The number of benzene rings is 2. The topological polar surface area (TPSA) is 42.8 Å². The predicted molar refractivity (Wildman–Crippen MR) is 130 cm³/mol. The van der Waals surface area contributed by atoms with Crippen molar-refractivity contribution >= 4 is 33.8 Å². The molecule has 0 aliphatic rings. The molecule has 5 aromatic rings. The Labute approximate surface area is 189 Å². The fourth-order valence-corrected chi connectivity index (χ4v) is 4.66. The summed E-state index contributed by atoms with van der Waals surface area (Å²) in [6, 6.07) is 18.1. The van der Waals surface area contributed by atoms with Crippen molar-refractivity contribution in [3.05, 3.63) is 83.9 Å². The van der Waals surface area contributed by atoms with Gasteiger partial charge in [0.1, 0.15) is 11.6 Å². The summed E-state index contributed by atoms with van der Waals surface area (Å²) >= 11 is 8.03. The Hall–Kier alpha value is -3.28. The highest BCUT2D eigenvalue weighted by molar-refractivity contribution is 7.13. The summed E-state index contributed by atoms with van der Waals surface area (Å²) in [6.45, 7) is 4.61. The molecule has 0 saturated heterocycles. The Morgan fingerprint density at radius 3 is 2.74 bits per heavy atom. The zero-order valence-electron chi connectivity index (χ0n) is 16.9. The van der Waals surface area contributed by atoms with Crippen LogP contribution in [-0.4, -0.2) is 21.6 Å². The fraction of sp³-hybridized carbons (Fsp3) is 0.0800. The number of thiophene rings is 1. The van der Waals surface area contributed by atoms with Crippen molar-refractivity contribution in [2.45, 2.75) is 6.54 Å². The average Bonchev–Trinajstić information content (AvgIpc) is 3.53. The quantitative estimate of drug-likeness (QED) is 0.279. The van der Waals surface area contributed by atoms with Crippen LogP contribution in [0.3, 0.4) is 0 Å². The van der Waals surface area contributed by atoms with Gasteiger partial charge in [-0.15, -0.1) is 17.9 Å². The number of H-pyrrole nitrogens is 1. The minimum Gasteiger partial charge on any atom is -0.497 e. The number of fused-ring (bicyclic) bond motifs is 1. The summed E-state index contributed by atoms with van der Waals surface area (Å²) in [5.41, 5.74) is 5.03. The number of methoxy groups -OCH3 is 1. The summed E-state index contributed by atoms with van der Waals surface area (Å²) in [5, 5.41) is 3.83. The molecule has 154 valence electrons. The molecule has 3 heterocycles. The molecule has 0 saturated carbocycles. The second kappa shape index (κ2) is 8.10. The number of allylic oxidation sites excluding steroid dienone is 1. The maximum atomic E-state index is 6.37. The van der Waals surface area contributed by atoms with Gasteiger partial charge >= 0.3 is 0 Å². The third-order valence-corrected chi connectivity index (χ3v) is 6.37. The van der Waals surface area contributed by atoms with Gasteiger partial charge in [-0.2, -0.15) is 0 Å². The molecule has 0 atom stereocenters. The first kappa shape index (κ1) is 19.7. The van der Waals surface area contributed by atoms with E-state index in [0.29, 0.717) is 11.6 Å². The van der Waals surface area contributed by atoms with Gasteiger partial charge in [-0.3, -0.25) is 0 Å². The predicted octanol–water partition coefficient (Wildman–Crippen LogP) is 7.27. The molecule has 5 rings (SSSR count). The maximum absolute atomic E-state index is 6.37. The Morgan fingerprint density at radius 1 is 1.19 bits per heavy atom. The number of aromatic amines is 1. The van der Waals surface area contributed by atoms with Crippen LogP contribution < -0.4 is 4.74 Å². The standard InChI is InChI=1S/C25H20ClN3OS/c1-3-12-29-15-20(19-14-17(26)8-11-21(19)29)24-23(16-6-9-18(30-2)10-7-16)27-25(28-24)22-5-4-13-31-22/h3-11,13-15H,1,12H2,2H3,(H,27,28). The van der Waals surface area contributed by atoms with Gasteiger partial charge < -0.3 is 14.3 Å². The molecule has 3 aromatic heterocycles. The average molecular weight is 446 g/mol. The van der Waals surface area contributed by atoms with Crippen LogP contribution in [0.4, 0.5) is 0 Å². The Kier molecular flexibility index (Phi) is 5.14. The SMILES string of the molecule is C=CCn1cc(-c2[nH]c(-c3cccs3)nc2-c2ccc(OC)cc2)c2cc(Cl)ccc21. The number of ether oxygens (including phenoxy) is 1. The number of rotatable bonds is 6. The third-order valence-electron chi connectivity index (χ3n) is 5.26. The van der Waals surface area contributed by atoms with Crippen LogP contribution in [0.5, 0.6) is 5.75 Å². The van der Waals surface area contributed by atoms with Crippen LogP contribution in [0.25, 0.3) is 44.1 Å². The van der Waals surface area contributed by atoms with Gasteiger partial charge in [0, 0.05) is 39.8 Å². The lowest BCUT2D eigenvalue weighted by molar-refractivity contribution is 0.415. The minimum absolute atomic E-state index is 0.703. The monoisotopic (exact) mass is 445 g/mol. The molecule has 0 spiro atoms. The summed E-state index contributed by atoms with van der Waals surface area (Å²) < 4.78 is 7.51. The van der Waals surface area contributed by atoms with Gasteiger partial charge in [-0.25, -0.2) is 4.98 Å². The molecule has 6 heteroatoms. The number of hydrogen-bond acceptors (Lipinski definition) is 3. The van der Waals surface area contributed by atoms with Crippen molar-refractivity contribution in [1.82, 2.24) is 14.5 Å². The number of hydrogen-bond donors (Lipinski definition) is 1. The van der Waals surface area contributed by atoms with Crippen LogP contribution in [0.15, 0.2) is 78.8 Å². The van der Waals surface area contributed by atoms with Gasteiger partial charge in [-0.1, -0.05) is 23.7 Å². The molecule has 0 fully saturated rings. The van der Waals surface area contributed by atoms with E-state index < -0.39 is 0 Å². The van der Waals surface area contributed by atoms with E-state index in [0.717, 1.165) is 49.9 Å². The van der Waals surface area contributed by atoms with Crippen LogP contribution in [0.1, 0.15) is 0 Å². The van der Waals surface area contributed by atoms with E-state index in [9.17, 15) is 0 Å². The lowest BCUT2D eigenvalue weighted by atomic mass is 10.0. The normalized spacial score (nSPS) is 11.2. The van der Waals surface area contributed by atoms with E-state index in [2.05, 4.69) is 33.8 Å². The summed E-state index contributed by atoms with van der Waals surface area (Å²) in [4.78, 5) is 9.66. The van der Waals surface area contributed by atoms with E-state index in [1.807, 2.05) is 54.6 Å². The number of nitrogens with zero attached hydrogens (tertiary/aromatic N) is 2. The zero-order chi connectivity index (χ0) is 21.4. The summed E-state index contributed by atoms with van der Waals surface area (Å²) in [5.74, 6) is 1.66. The third kappa shape index (κ3) is 3.56. The second-order valence-electron chi connectivity index (χ2n) is 7.16. The van der Waals surface area contributed by atoms with Crippen LogP contribution in [0.2, 0.25) is 5.02 Å². The number of aromatic nitrogens is 3. The second-order valence-corrected chi connectivity index (χ2v) is 8.54. The smallest absolute Gasteiger partial charge is 0.148 e. The molecule has 0 radical (unpaired) electrons. The molecular weight excluding hydrogens is 426 g/mol. The Bertz CT molecular complexity index is 1360. The van der Waals surface area contributed by atoms with Crippen LogP contribution in [-0.2, 0) is 6.54 Å². The highest BCUT2D eigenvalue weighted by Crippen LogP contribution is 2.39. The fourth-order valence-electron chi connectivity index (χ4n) is 3.81. The summed E-state index contributed by atoms with van der Waals surface area (Å²) in [6.07, 6.45) is 4.04. The zero-order valence-corrected chi connectivity index (χ0v) is 18.5. The van der Waals surface area contributed by atoms with E-state index in [4.69, 9.17) is 21.3 Å². The highest BCUT2D eigenvalue weighted by Gasteiger charge is 2.20. The molecular formula is C25H20ClN3OS. The van der Waals surface area contributed by atoms with Crippen molar-refractivity contribution in [2.24, 2.45) is 0 Å². The van der Waals surface area contributed by atoms with Gasteiger partial charge in [0.2, 0.25) is 0 Å². The van der Waals surface area contributed by atoms with Crippen molar-refractivity contribution < 1.29 is 4.74 Å². The first-order valence-electron chi connectivity index (χ1n) is 9.86. The lowest BCUT2D eigenvalue weighted by Crippen LogP contribution is -1.91. The van der Waals surface area contributed by atoms with E-state index in [-0.39, 0.29) is 0 Å². The molecule has 2 aromatic carbocycles. The number of nitrogens with one attached hydrogen (secondary N) is 1. The number of halogens is 1. The Morgan fingerprint density at radius 2 is 2.03 bits per heavy atom. The van der Waals surface area contributed by atoms with E-state index >= 15 is 0 Å². The van der Waals surface area contributed by atoms with Crippen molar-refractivity contribution in [2.75, 3.05) is 7.11 Å². The molecule has 1 N–H and O–H groups in total. The minimum atomic E-state index is 0.703. The molecule has 0 amide bonds. The lowest BCUT2D eigenvalue weighted by Gasteiger charge is -2.04. The molecule has 0 bridgehead atoms. The van der Waals surface area contributed by atoms with Crippen LogP contribution >= 0.6 is 22.9 Å². The van der Waals surface area contributed by atoms with Gasteiger partial charge in [0.05, 0.1) is 23.4 Å². The van der Waals surface area contributed by atoms with Gasteiger partial charge in [-0.05, 0) is 53.9 Å². The molecule has 0 unspecified atom stereocenters. The molecule has 31 heavy (non-hydrogen) atoms. The highest BCUT2D eigenvalue weighted by atomic mass is 35.5. The van der Waals surface area contributed by atoms with Crippen LogP contribution in [0, 0.1) is 0 Å². The van der Waals surface area contributed by atoms with E-state index in [1.54, 1.807) is 18.4 Å². The maximum Gasteiger partial charge on any atom is 0.148 e. The number of imidazole rings is 1. The van der Waals surface area contributed by atoms with E-state index in [1.165, 1.54) is 0 Å². The summed E-state index contributed by atoms with van der Waals surface area (Å²) in [7, 11) is 1.67. The molecule has 0 aliphatic heterocycles. The van der Waals surface area contributed by atoms with Crippen molar-refractivity contribution in [3.8, 4) is 39.0 Å². The van der Waals surface area contributed by atoms with Gasteiger partial charge in [0.15, 0.2) is 0 Å². The Balaban J connectivity index is 1.76. The molecule has 0 aliphatic carbocycles. The molecule has 4 nitrogen and oxygen atoms in total. The first-order valence-corrected chi connectivity index (χ1v) is 11.1. The largest absolute Gasteiger partial charge is 0.497 e. The van der Waals surface area contributed by atoms with Crippen molar-refractivity contribution in [3.63, 3.8) is 0 Å². The van der Waals surface area contributed by atoms with Crippen molar-refractivity contribution in [1.29, 1.82) is 0 Å². The first-order chi connectivity index (χ1) is 15.2.